The van der Waals surface area contributed by atoms with Crippen LogP contribution in [0.3, 0.4) is 0 Å². The first-order valence-electron chi connectivity index (χ1n) is 8.64. The van der Waals surface area contributed by atoms with Crippen molar-refractivity contribution in [3.05, 3.63) is 101 Å². The molecule has 0 unspecified atom stereocenters. The third-order valence-electron chi connectivity index (χ3n) is 5.14. The highest BCUT2D eigenvalue weighted by Gasteiger charge is 2.36. The number of anilines is 1. The van der Waals surface area contributed by atoms with E-state index < -0.39 is 0 Å². The Kier molecular flexibility index (Phi) is 3.73. The number of carbonyl (C=O) groups excluding carboxylic acids is 2. The maximum atomic E-state index is 12.6. The van der Waals surface area contributed by atoms with Crippen LogP contribution in [0.5, 0.6) is 0 Å². The van der Waals surface area contributed by atoms with Gasteiger partial charge in [-0.15, -0.1) is 0 Å². The molecular weight excluding hydrogens is 322 g/mol. The molecule has 1 aliphatic rings. The third kappa shape index (κ3) is 2.44. The molecule has 0 spiro atoms. The van der Waals surface area contributed by atoms with Gasteiger partial charge in [-0.05, 0) is 35.4 Å². The summed E-state index contributed by atoms with van der Waals surface area (Å²) in [4.78, 5) is 26.5. The molecule has 3 nitrogen and oxygen atoms in total. The number of imide groups is 1. The summed E-state index contributed by atoms with van der Waals surface area (Å²) in [6, 6.07) is 24.9. The van der Waals surface area contributed by atoms with Crippen LogP contribution in [-0.2, 0) is 5.41 Å². The highest BCUT2D eigenvalue weighted by atomic mass is 16.2. The van der Waals surface area contributed by atoms with Crippen LogP contribution in [0.4, 0.5) is 5.69 Å². The van der Waals surface area contributed by atoms with Gasteiger partial charge in [0.25, 0.3) is 11.8 Å². The van der Waals surface area contributed by atoms with E-state index in [1.165, 1.54) is 10.5 Å². The Balaban J connectivity index is 1.68. The maximum absolute atomic E-state index is 12.6. The number of amides is 2. The van der Waals surface area contributed by atoms with Gasteiger partial charge in [0.05, 0.1) is 16.8 Å². The normalized spacial score (nSPS) is 13.8. The van der Waals surface area contributed by atoms with Gasteiger partial charge in [-0.25, -0.2) is 4.90 Å². The number of fused-ring (bicyclic) bond motifs is 1. The summed E-state index contributed by atoms with van der Waals surface area (Å²) < 4.78 is 0. The number of carbonyl (C=O) groups is 2. The summed E-state index contributed by atoms with van der Waals surface area (Å²) >= 11 is 0. The second kappa shape index (κ2) is 5.95. The first-order valence-corrected chi connectivity index (χ1v) is 8.64. The van der Waals surface area contributed by atoms with Crippen LogP contribution >= 0.6 is 0 Å². The van der Waals surface area contributed by atoms with Crippen LogP contribution in [0, 0.1) is 0 Å². The van der Waals surface area contributed by atoms with Gasteiger partial charge in [0.15, 0.2) is 0 Å². The second-order valence-corrected chi connectivity index (χ2v) is 7.03. The fraction of sp³-hybridized carbons (Fsp3) is 0.130. The molecule has 2 amide bonds. The molecule has 26 heavy (non-hydrogen) atoms. The second-order valence-electron chi connectivity index (χ2n) is 7.03. The SMILES string of the molecule is CC(C)(c1ccccc1)c1ccc(N2C(=O)c3ccccc3C2=O)cc1. The Bertz CT molecular complexity index is 953. The minimum absolute atomic E-state index is 0.165. The smallest absolute Gasteiger partial charge is 0.266 e. The monoisotopic (exact) mass is 341 g/mol. The predicted octanol–water partition coefficient (Wildman–Crippen LogP) is 4.81. The Morgan fingerprint density at radius 3 is 1.62 bits per heavy atom. The minimum Gasteiger partial charge on any atom is -0.268 e. The largest absolute Gasteiger partial charge is 0.268 e. The molecule has 3 heteroatoms. The molecule has 0 saturated carbocycles. The summed E-state index contributed by atoms with van der Waals surface area (Å²) in [6.45, 7) is 4.33. The fourth-order valence-corrected chi connectivity index (χ4v) is 3.47. The van der Waals surface area contributed by atoms with Crippen LogP contribution in [-0.4, -0.2) is 11.8 Å². The van der Waals surface area contributed by atoms with Crippen molar-refractivity contribution < 1.29 is 9.59 Å². The van der Waals surface area contributed by atoms with Gasteiger partial charge in [-0.2, -0.15) is 0 Å². The summed E-state index contributed by atoms with van der Waals surface area (Å²) in [5, 5.41) is 0. The number of nitrogens with zero attached hydrogens (tertiary/aromatic N) is 1. The molecule has 1 aliphatic heterocycles. The average Bonchev–Trinajstić information content (AvgIpc) is 2.94. The predicted molar refractivity (Wildman–Crippen MR) is 103 cm³/mol. The summed E-state index contributed by atoms with van der Waals surface area (Å²) in [6.07, 6.45) is 0. The van der Waals surface area contributed by atoms with Crippen LogP contribution in [0.1, 0.15) is 45.7 Å². The van der Waals surface area contributed by atoms with E-state index in [1.807, 2.05) is 42.5 Å². The molecule has 0 radical (unpaired) electrons. The minimum atomic E-state index is -0.263. The van der Waals surface area contributed by atoms with Gasteiger partial charge in [0, 0.05) is 5.41 Å². The Hall–Kier alpha value is -3.20. The molecule has 3 aromatic rings. The number of benzene rings is 3. The number of rotatable bonds is 3. The van der Waals surface area contributed by atoms with Crippen LogP contribution in [0.15, 0.2) is 78.9 Å². The first-order chi connectivity index (χ1) is 12.5. The van der Waals surface area contributed by atoms with E-state index in [-0.39, 0.29) is 17.2 Å². The molecule has 0 aliphatic carbocycles. The lowest BCUT2D eigenvalue weighted by Gasteiger charge is -2.26. The highest BCUT2D eigenvalue weighted by molar-refractivity contribution is 6.34. The van der Waals surface area contributed by atoms with Crippen molar-refractivity contribution in [2.24, 2.45) is 0 Å². The van der Waals surface area contributed by atoms with E-state index in [0.29, 0.717) is 16.8 Å². The van der Waals surface area contributed by atoms with Crippen molar-refractivity contribution in [1.82, 2.24) is 0 Å². The lowest BCUT2D eigenvalue weighted by atomic mass is 9.78. The molecule has 0 N–H and O–H groups in total. The van der Waals surface area contributed by atoms with Gasteiger partial charge in [0.2, 0.25) is 0 Å². The first kappa shape index (κ1) is 16.3. The summed E-state index contributed by atoms with van der Waals surface area (Å²) in [5.41, 5.74) is 3.71. The molecule has 0 bridgehead atoms. The van der Waals surface area contributed by atoms with Crippen molar-refractivity contribution in [1.29, 1.82) is 0 Å². The topological polar surface area (TPSA) is 37.4 Å². The van der Waals surface area contributed by atoms with Crippen LogP contribution in [0.2, 0.25) is 0 Å². The molecule has 128 valence electrons. The van der Waals surface area contributed by atoms with E-state index >= 15 is 0 Å². The van der Waals surface area contributed by atoms with Gasteiger partial charge in [-0.1, -0.05) is 68.4 Å². The molecule has 0 fully saturated rings. The van der Waals surface area contributed by atoms with E-state index in [4.69, 9.17) is 0 Å². The van der Waals surface area contributed by atoms with E-state index in [2.05, 4.69) is 26.0 Å². The Labute approximate surface area is 152 Å². The van der Waals surface area contributed by atoms with Crippen LogP contribution < -0.4 is 4.90 Å². The van der Waals surface area contributed by atoms with Gasteiger partial charge in [-0.3, -0.25) is 9.59 Å². The van der Waals surface area contributed by atoms with Crippen molar-refractivity contribution in [2.45, 2.75) is 19.3 Å². The number of hydrogen-bond acceptors (Lipinski definition) is 2. The fourth-order valence-electron chi connectivity index (χ4n) is 3.47. The van der Waals surface area contributed by atoms with Crippen molar-refractivity contribution in [3.8, 4) is 0 Å². The van der Waals surface area contributed by atoms with Crippen molar-refractivity contribution in [3.63, 3.8) is 0 Å². The molecule has 3 aromatic carbocycles. The summed E-state index contributed by atoms with van der Waals surface area (Å²) in [5.74, 6) is -0.527. The lowest BCUT2D eigenvalue weighted by Crippen LogP contribution is -2.29. The molecule has 0 atom stereocenters. The Morgan fingerprint density at radius 2 is 1.08 bits per heavy atom. The van der Waals surface area contributed by atoms with Crippen molar-refractivity contribution >= 4 is 17.5 Å². The third-order valence-corrected chi connectivity index (χ3v) is 5.14. The van der Waals surface area contributed by atoms with Gasteiger partial charge >= 0.3 is 0 Å². The molecule has 0 saturated heterocycles. The van der Waals surface area contributed by atoms with E-state index in [0.717, 1.165) is 5.56 Å². The van der Waals surface area contributed by atoms with E-state index in [1.54, 1.807) is 24.3 Å². The zero-order valence-electron chi connectivity index (χ0n) is 14.8. The molecule has 4 rings (SSSR count). The average molecular weight is 341 g/mol. The zero-order valence-corrected chi connectivity index (χ0v) is 14.8. The lowest BCUT2D eigenvalue weighted by molar-refractivity contribution is 0.0926. The van der Waals surface area contributed by atoms with E-state index in [9.17, 15) is 9.59 Å². The highest BCUT2D eigenvalue weighted by Crippen LogP contribution is 2.34. The Morgan fingerprint density at radius 1 is 0.615 bits per heavy atom. The standard InChI is InChI=1S/C23H19NO2/c1-23(2,16-8-4-3-5-9-16)17-12-14-18(15-13-17)24-21(25)19-10-6-7-11-20(19)22(24)26/h3-15H,1-2H3. The van der Waals surface area contributed by atoms with Crippen molar-refractivity contribution in [2.75, 3.05) is 4.90 Å². The number of hydrogen-bond donors (Lipinski definition) is 0. The molecule has 0 aromatic heterocycles. The summed E-state index contributed by atoms with van der Waals surface area (Å²) in [7, 11) is 0. The van der Waals surface area contributed by atoms with Gasteiger partial charge < -0.3 is 0 Å². The molecular formula is C23H19NO2. The zero-order chi connectivity index (χ0) is 18.3. The maximum Gasteiger partial charge on any atom is 0.266 e. The molecule has 1 heterocycles. The quantitative estimate of drug-likeness (QED) is 0.641. The van der Waals surface area contributed by atoms with Gasteiger partial charge in [0.1, 0.15) is 0 Å². The van der Waals surface area contributed by atoms with Crippen LogP contribution in [0.25, 0.3) is 0 Å².